The van der Waals surface area contributed by atoms with E-state index < -0.39 is 0 Å². The van der Waals surface area contributed by atoms with Gasteiger partial charge < -0.3 is 10.6 Å². The van der Waals surface area contributed by atoms with E-state index in [-0.39, 0.29) is 0 Å². The monoisotopic (exact) mass is 500 g/mol. The Morgan fingerprint density at radius 3 is 2.40 bits per heavy atom. The van der Waals surface area contributed by atoms with Crippen LogP contribution in [0.3, 0.4) is 0 Å². The molecular weight excluding hydrogens is 484 g/mol. The summed E-state index contributed by atoms with van der Waals surface area (Å²) in [7, 11) is 0. The van der Waals surface area contributed by atoms with Gasteiger partial charge in [-0.15, -0.1) is 0 Å². The molecule has 2 aromatic heterocycles. The molecule has 0 bridgehead atoms. The Kier molecular flexibility index (Phi) is 6.47. The summed E-state index contributed by atoms with van der Waals surface area (Å²) in [5.74, 6) is 0.637. The van der Waals surface area contributed by atoms with Gasteiger partial charge in [-0.2, -0.15) is 10.2 Å². The Morgan fingerprint density at radius 1 is 0.933 bits per heavy atom. The Hall–Kier alpha value is -2.68. The predicted molar refractivity (Wildman–Crippen MR) is 128 cm³/mol. The lowest BCUT2D eigenvalue weighted by Crippen LogP contribution is -2.19. The fourth-order valence-corrected chi connectivity index (χ4v) is 3.65. The molecule has 4 aromatic rings. The van der Waals surface area contributed by atoms with Gasteiger partial charge >= 0.3 is 0 Å². The minimum atomic E-state index is 0.437. The van der Waals surface area contributed by atoms with Gasteiger partial charge in [0, 0.05) is 17.4 Å². The topological polar surface area (TPSA) is 59.7 Å². The molecule has 0 atom stereocenters. The summed E-state index contributed by atoms with van der Waals surface area (Å²) < 4.78 is 4.51. The second kappa shape index (κ2) is 9.42. The number of anilines is 2. The molecule has 0 amide bonds. The Labute approximate surface area is 193 Å². The van der Waals surface area contributed by atoms with Gasteiger partial charge in [0.1, 0.15) is 0 Å². The molecule has 9 heteroatoms. The van der Waals surface area contributed by atoms with Gasteiger partial charge in [0.2, 0.25) is 0 Å². The fourth-order valence-electron chi connectivity index (χ4n) is 2.89. The highest BCUT2D eigenvalue weighted by Crippen LogP contribution is 2.21. The SMILES string of the molecule is S=C(Nc1cnn(Cc2ccccc2)c1)Nc1nn(Cc2ccc(Cl)cc2)cc1Br. The second-order valence-corrected chi connectivity index (χ2v) is 8.34. The summed E-state index contributed by atoms with van der Waals surface area (Å²) >= 11 is 14.9. The standard InChI is InChI=1S/C21H18BrClN6S/c22-19-14-29(12-16-6-8-17(23)9-7-16)27-20(19)26-21(30)25-18-10-24-28(13-18)11-15-4-2-1-3-5-15/h1-10,13-14H,11-12H2,(H2,25,26,27,30). The third-order valence-electron chi connectivity index (χ3n) is 4.29. The van der Waals surface area contributed by atoms with Gasteiger partial charge in [-0.25, -0.2) is 0 Å². The molecule has 0 aliphatic heterocycles. The molecular formula is C21H18BrClN6S. The van der Waals surface area contributed by atoms with E-state index in [4.69, 9.17) is 23.8 Å². The first kappa shape index (κ1) is 20.6. The maximum atomic E-state index is 5.94. The van der Waals surface area contributed by atoms with E-state index in [9.17, 15) is 0 Å². The molecule has 30 heavy (non-hydrogen) atoms. The quantitative estimate of drug-likeness (QED) is 0.346. The molecule has 2 aromatic carbocycles. The molecule has 0 aliphatic carbocycles. The van der Waals surface area contributed by atoms with Crippen molar-refractivity contribution in [2.24, 2.45) is 0 Å². The smallest absolute Gasteiger partial charge is 0.176 e. The zero-order chi connectivity index (χ0) is 20.9. The van der Waals surface area contributed by atoms with E-state index in [1.807, 2.05) is 64.2 Å². The summed E-state index contributed by atoms with van der Waals surface area (Å²) in [6.07, 6.45) is 5.55. The van der Waals surface area contributed by atoms with Gasteiger partial charge in [0.25, 0.3) is 0 Å². The number of hydrogen-bond acceptors (Lipinski definition) is 3. The third-order valence-corrected chi connectivity index (χ3v) is 5.32. The van der Waals surface area contributed by atoms with E-state index in [1.165, 1.54) is 5.56 Å². The van der Waals surface area contributed by atoms with Crippen LogP contribution >= 0.6 is 39.7 Å². The summed E-state index contributed by atoms with van der Waals surface area (Å²) in [4.78, 5) is 0. The summed E-state index contributed by atoms with van der Waals surface area (Å²) in [6, 6.07) is 17.9. The lowest BCUT2D eigenvalue weighted by atomic mass is 10.2. The molecule has 2 N–H and O–H groups in total. The molecule has 6 nitrogen and oxygen atoms in total. The minimum Gasteiger partial charge on any atom is -0.330 e. The van der Waals surface area contributed by atoms with Crippen molar-refractivity contribution in [1.29, 1.82) is 0 Å². The number of nitrogens with zero attached hydrogens (tertiary/aromatic N) is 4. The van der Waals surface area contributed by atoms with Crippen LogP contribution in [0.4, 0.5) is 11.5 Å². The third kappa shape index (κ3) is 5.47. The van der Waals surface area contributed by atoms with Crippen molar-refractivity contribution in [2.45, 2.75) is 13.1 Å². The Morgan fingerprint density at radius 2 is 1.63 bits per heavy atom. The zero-order valence-electron chi connectivity index (χ0n) is 15.8. The van der Waals surface area contributed by atoms with Crippen molar-refractivity contribution >= 4 is 56.4 Å². The number of aromatic nitrogens is 4. The van der Waals surface area contributed by atoms with Crippen molar-refractivity contribution in [1.82, 2.24) is 19.6 Å². The van der Waals surface area contributed by atoms with E-state index >= 15 is 0 Å². The van der Waals surface area contributed by atoms with Crippen LogP contribution in [-0.2, 0) is 13.1 Å². The van der Waals surface area contributed by atoms with Crippen molar-refractivity contribution < 1.29 is 0 Å². The maximum Gasteiger partial charge on any atom is 0.176 e. The summed E-state index contributed by atoms with van der Waals surface area (Å²) in [5.41, 5.74) is 3.09. The molecule has 0 radical (unpaired) electrons. The molecule has 0 saturated heterocycles. The molecule has 0 unspecified atom stereocenters. The van der Waals surface area contributed by atoms with Crippen LogP contribution in [0.25, 0.3) is 0 Å². The van der Waals surface area contributed by atoms with Crippen molar-refractivity contribution in [3.05, 3.63) is 93.8 Å². The number of nitrogens with one attached hydrogen (secondary N) is 2. The van der Waals surface area contributed by atoms with Gasteiger partial charge in [-0.3, -0.25) is 9.36 Å². The zero-order valence-corrected chi connectivity index (χ0v) is 19.0. The molecule has 0 fully saturated rings. The lowest BCUT2D eigenvalue weighted by Gasteiger charge is -2.07. The van der Waals surface area contributed by atoms with Crippen LogP contribution in [0, 0.1) is 0 Å². The van der Waals surface area contributed by atoms with Crippen molar-refractivity contribution in [3.8, 4) is 0 Å². The van der Waals surface area contributed by atoms with E-state index in [1.54, 1.807) is 6.20 Å². The van der Waals surface area contributed by atoms with Crippen molar-refractivity contribution in [2.75, 3.05) is 10.6 Å². The fraction of sp³-hybridized carbons (Fsp3) is 0.0952. The molecule has 2 heterocycles. The summed E-state index contributed by atoms with van der Waals surface area (Å²) in [6.45, 7) is 1.33. The average Bonchev–Trinajstić information content (AvgIpc) is 3.30. The van der Waals surface area contributed by atoms with Crippen LogP contribution in [0.2, 0.25) is 5.02 Å². The largest absolute Gasteiger partial charge is 0.330 e. The first-order valence-electron chi connectivity index (χ1n) is 9.17. The molecule has 0 aliphatic rings. The van der Waals surface area contributed by atoms with Crippen molar-refractivity contribution in [3.63, 3.8) is 0 Å². The normalized spacial score (nSPS) is 10.7. The van der Waals surface area contributed by atoms with E-state index in [0.29, 0.717) is 29.0 Å². The van der Waals surface area contributed by atoms with Crippen LogP contribution in [-0.4, -0.2) is 24.7 Å². The highest BCUT2D eigenvalue weighted by atomic mass is 79.9. The molecule has 4 rings (SSSR count). The first-order valence-corrected chi connectivity index (χ1v) is 10.7. The maximum absolute atomic E-state index is 5.94. The highest BCUT2D eigenvalue weighted by Gasteiger charge is 2.10. The van der Waals surface area contributed by atoms with Gasteiger partial charge in [-0.05, 0) is 51.4 Å². The van der Waals surface area contributed by atoms with Gasteiger partial charge in [-0.1, -0.05) is 54.1 Å². The average molecular weight is 502 g/mol. The second-order valence-electron chi connectivity index (χ2n) is 6.64. The van der Waals surface area contributed by atoms with E-state index in [2.05, 4.69) is 48.9 Å². The van der Waals surface area contributed by atoms with Gasteiger partial charge in [0.05, 0.1) is 29.4 Å². The first-order chi connectivity index (χ1) is 14.5. The molecule has 0 spiro atoms. The van der Waals surface area contributed by atoms with E-state index in [0.717, 1.165) is 15.7 Å². The number of benzene rings is 2. The molecule has 0 saturated carbocycles. The van der Waals surface area contributed by atoms with Gasteiger partial charge in [0.15, 0.2) is 10.9 Å². The van der Waals surface area contributed by atoms with Crippen LogP contribution < -0.4 is 10.6 Å². The Balaban J connectivity index is 1.35. The number of hydrogen-bond donors (Lipinski definition) is 2. The Bertz CT molecular complexity index is 1140. The van der Waals surface area contributed by atoms with Crippen LogP contribution in [0.5, 0.6) is 0 Å². The molecule has 152 valence electrons. The van der Waals surface area contributed by atoms with Crippen LogP contribution in [0.1, 0.15) is 11.1 Å². The number of thiocarbonyl (C=S) groups is 1. The predicted octanol–water partition coefficient (Wildman–Crippen LogP) is 5.40. The van der Waals surface area contributed by atoms with Crippen LogP contribution in [0.15, 0.2) is 77.7 Å². The summed E-state index contributed by atoms with van der Waals surface area (Å²) in [5, 5.41) is 16.3. The number of halogens is 2. The number of rotatable bonds is 6. The minimum absolute atomic E-state index is 0.437. The highest BCUT2D eigenvalue weighted by molar-refractivity contribution is 9.10. The lowest BCUT2D eigenvalue weighted by molar-refractivity contribution is 0.687.